The molecule has 0 aliphatic heterocycles. The van der Waals surface area contributed by atoms with Crippen LogP contribution in [0.5, 0.6) is 0 Å². The van der Waals surface area contributed by atoms with Gasteiger partial charge in [0.25, 0.3) is 5.91 Å². The number of thiocarbonyl (C=S) groups is 1. The molecule has 1 fully saturated rings. The van der Waals surface area contributed by atoms with Crippen molar-refractivity contribution in [3.05, 3.63) is 35.4 Å². The van der Waals surface area contributed by atoms with Crippen LogP contribution >= 0.6 is 12.2 Å². The number of carbonyl (C=O) groups is 1. The maximum atomic E-state index is 12.1. The van der Waals surface area contributed by atoms with E-state index in [1.54, 1.807) is 24.3 Å². The Hall–Kier alpha value is -1.42. The second-order valence-corrected chi connectivity index (χ2v) is 6.56. The number of carbonyl (C=O) groups excluding carboxylic acids is 1. The highest BCUT2D eigenvalue weighted by Crippen LogP contribution is 2.30. The minimum atomic E-state index is -0.0200. The van der Waals surface area contributed by atoms with Crippen LogP contribution in [-0.2, 0) is 0 Å². The van der Waals surface area contributed by atoms with Crippen molar-refractivity contribution in [2.24, 2.45) is 17.6 Å². The van der Waals surface area contributed by atoms with Crippen LogP contribution in [0.15, 0.2) is 24.3 Å². The predicted molar refractivity (Wildman–Crippen MR) is 90.4 cm³/mol. The van der Waals surface area contributed by atoms with Gasteiger partial charge in [-0.15, -0.1) is 0 Å². The lowest BCUT2D eigenvalue weighted by Crippen LogP contribution is -2.27. The van der Waals surface area contributed by atoms with Crippen molar-refractivity contribution < 1.29 is 4.79 Å². The molecule has 1 aromatic carbocycles. The number of nitrogens with two attached hydrogens (primary N) is 1. The molecule has 0 bridgehead atoms. The van der Waals surface area contributed by atoms with E-state index in [0.717, 1.165) is 30.4 Å². The second-order valence-electron chi connectivity index (χ2n) is 6.12. The molecule has 21 heavy (non-hydrogen) atoms. The summed E-state index contributed by atoms with van der Waals surface area (Å²) in [6.45, 7) is 3.08. The number of rotatable bonds is 5. The highest BCUT2D eigenvalue weighted by Gasteiger charge is 2.18. The van der Waals surface area contributed by atoms with Gasteiger partial charge in [-0.25, -0.2) is 0 Å². The quantitative estimate of drug-likeness (QED) is 0.821. The molecular formula is C17H24N2OS. The summed E-state index contributed by atoms with van der Waals surface area (Å²) >= 11 is 4.90. The van der Waals surface area contributed by atoms with Crippen molar-refractivity contribution >= 4 is 23.1 Å². The molecule has 0 heterocycles. The van der Waals surface area contributed by atoms with Crippen molar-refractivity contribution in [1.82, 2.24) is 5.32 Å². The molecule has 0 radical (unpaired) electrons. The van der Waals surface area contributed by atoms with E-state index in [1.165, 1.54) is 25.7 Å². The van der Waals surface area contributed by atoms with Crippen LogP contribution in [0.3, 0.4) is 0 Å². The van der Waals surface area contributed by atoms with Gasteiger partial charge in [0.15, 0.2) is 0 Å². The van der Waals surface area contributed by atoms with E-state index in [0.29, 0.717) is 10.6 Å². The largest absolute Gasteiger partial charge is 0.389 e. The van der Waals surface area contributed by atoms with E-state index in [-0.39, 0.29) is 5.91 Å². The van der Waals surface area contributed by atoms with Crippen LogP contribution in [0, 0.1) is 11.8 Å². The van der Waals surface area contributed by atoms with Gasteiger partial charge in [0.05, 0.1) is 0 Å². The van der Waals surface area contributed by atoms with Crippen LogP contribution in [0.25, 0.3) is 0 Å². The molecule has 0 aromatic heterocycles. The lowest BCUT2D eigenvalue weighted by Gasteiger charge is -2.26. The summed E-state index contributed by atoms with van der Waals surface area (Å²) in [7, 11) is 0. The molecule has 114 valence electrons. The van der Waals surface area contributed by atoms with Crippen molar-refractivity contribution in [2.45, 2.75) is 39.0 Å². The van der Waals surface area contributed by atoms with Crippen molar-refractivity contribution in [3.63, 3.8) is 0 Å². The van der Waals surface area contributed by atoms with Gasteiger partial charge in [0.2, 0.25) is 0 Å². The number of hydrogen-bond donors (Lipinski definition) is 2. The Balaban J connectivity index is 1.77. The highest BCUT2D eigenvalue weighted by molar-refractivity contribution is 7.80. The first-order valence-electron chi connectivity index (χ1n) is 7.74. The summed E-state index contributed by atoms with van der Waals surface area (Å²) in [6.07, 6.45) is 6.39. The maximum absolute atomic E-state index is 12.1. The van der Waals surface area contributed by atoms with Gasteiger partial charge >= 0.3 is 0 Å². The van der Waals surface area contributed by atoms with Crippen molar-refractivity contribution in [3.8, 4) is 0 Å². The minimum absolute atomic E-state index is 0.0200. The summed E-state index contributed by atoms with van der Waals surface area (Å²) in [6, 6.07) is 7.12. The average molecular weight is 304 g/mol. The highest BCUT2D eigenvalue weighted by atomic mass is 32.1. The third-order valence-corrected chi connectivity index (χ3v) is 4.55. The molecule has 1 aliphatic carbocycles. The molecule has 1 aromatic rings. The van der Waals surface area contributed by atoms with Gasteiger partial charge in [0.1, 0.15) is 4.99 Å². The predicted octanol–water partition coefficient (Wildman–Crippen LogP) is 3.27. The van der Waals surface area contributed by atoms with Crippen LogP contribution in [0.4, 0.5) is 0 Å². The number of amides is 1. The van der Waals surface area contributed by atoms with Crippen LogP contribution in [0.1, 0.15) is 54.9 Å². The van der Waals surface area contributed by atoms with Gasteiger partial charge in [-0.05, 0) is 36.8 Å². The summed E-state index contributed by atoms with van der Waals surface area (Å²) in [5.74, 6) is 1.59. The minimum Gasteiger partial charge on any atom is -0.389 e. The van der Waals surface area contributed by atoms with E-state index < -0.39 is 0 Å². The van der Waals surface area contributed by atoms with Gasteiger partial charge < -0.3 is 11.1 Å². The number of hydrogen-bond acceptors (Lipinski definition) is 2. The smallest absolute Gasteiger partial charge is 0.251 e. The fourth-order valence-corrected chi connectivity index (χ4v) is 3.24. The third-order valence-electron chi connectivity index (χ3n) is 4.31. The monoisotopic (exact) mass is 304 g/mol. The Kier molecular flexibility index (Phi) is 5.74. The van der Waals surface area contributed by atoms with Gasteiger partial charge in [-0.2, -0.15) is 0 Å². The van der Waals surface area contributed by atoms with Crippen LogP contribution in [0.2, 0.25) is 0 Å². The molecule has 2 atom stereocenters. The normalized spacial score (nSPS) is 21.8. The third kappa shape index (κ3) is 4.81. The van der Waals surface area contributed by atoms with E-state index in [9.17, 15) is 4.79 Å². The van der Waals surface area contributed by atoms with Gasteiger partial charge in [0, 0.05) is 17.7 Å². The van der Waals surface area contributed by atoms with E-state index in [2.05, 4.69) is 12.2 Å². The summed E-state index contributed by atoms with van der Waals surface area (Å²) in [5, 5.41) is 3.01. The van der Waals surface area contributed by atoms with E-state index in [1.807, 2.05) is 0 Å². The Morgan fingerprint density at radius 3 is 2.57 bits per heavy atom. The first-order chi connectivity index (χ1) is 10.1. The number of nitrogens with one attached hydrogen (secondary N) is 1. The Morgan fingerprint density at radius 1 is 1.29 bits per heavy atom. The maximum Gasteiger partial charge on any atom is 0.251 e. The molecule has 1 saturated carbocycles. The van der Waals surface area contributed by atoms with Crippen molar-refractivity contribution in [2.75, 3.05) is 6.54 Å². The fraction of sp³-hybridized carbons (Fsp3) is 0.529. The first kappa shape index (κ1) is 16.0. The SMILES string of the molecule is CC1CCCC(CCNC(=O)c2ccc(C(N)=S)cc2)C1. The molecule has 3 nitrogen and oxygen atoms in total. The molecule has 2 rings (SSSR count). The average Bonchev–Trinajstić information content (AvgIpc) is 2.47. The summed E-state index contributed by atoms with van der Waals surface area (Å²) < 4.78 is 0. The zero-order chi connectivity index (χ0) is 15.2. The molecule has 4 heteroatoms. The Bertz CT molecular complexity index is 498. The lowest BCUT2D eigenvalue weighted by molar-refractivity contribution is 0.0949. The van der Waals surface area contributed by atoms with E-state index >= 15 is 0 Å². The van der Waals surface area contributed by atoms with Crippen molar-refractivity contribution in [1.29, 1.82) is 0 Å². The zero-order valence-electron chi connectivity index (χ0n) is 12.6. The summed E-state index contributed by atoms with van der Waals surface area (Å²) in [5.41, 5.74) is 6.99. The first-order valence-corrected chi connectivity index (χ1v) is 8.15. The molecule has 1 amide bonds. The molecule has 3 N–H and O–H groups in total. The summed E-state index contributed by atoms with van der Waals surface area (Å²) in [4.78, 5) is 12.4. The molecule has 0 spiro atoms. The lowest BCUT2D eigenvalue weighted by atomic mass is 9.81. The van der Waals surface area contributed by atoms with Crippen LogP contribution in [-0.4, -0.2) is 17.4 Å². The Morgan fingerprint density at radius 2 is 1.95 bits per heavy atom. The molecule has 2 unspecified atom stereocenters. The molecular weight excluding hydrogens is 280 g/mol. The van der Waals surface area contributed by atoms with Crippen LogP contribution < -0.4 is 11.1 Å². The zero-order valence-corrected chi connectivity index (χ0v) is 13.4. The van der Waals surface area contributed by atoms with E-state index in [4.69, 9.17) is 18.0 Å². The topological polar surface area (TPSA) is 55.1 Å². The van der Waals surface area contributed by atoms with Gasteiger partial charge in [-0.3, -0.25) is 4.79 Å². The molecule has 0 saturated heterocycles. The molecule has 1 aliphatic rings. The fourth-order valence-electron chi connectivity index (χ4n) is 3.10. The standard InChI is InChI=1S/C17H24N2OS/c1-12-3-2-4-13(11-12)9-10-19-17(20)15-7-5-14(6-8-15)16(18)21/h5-8,12-13H,2-4,9-11H2,1H3,(H2,18,21)(H,19,20). The number of benzene rings is 1. The Labute approximate surface area is 132 Å². The second kappa shape index (κ2) is 7.55. The van der Waals surface area contributed by atoms with Gasteiger partial charge in [-0.1, -0.05) is 50.5 Å².